The summed E-state index contributed by atoms with van der Waals surface area (Å²) in [6, 6.07) is 16.6. The molecule has 2 aromatic carbocycles. The molecule has 0 bridgehead atoms. The molecular weight excluding hydrogens is 366 g/mol. The van der Waals surface area contributed by atoms with E-state index in [1.54, 1.807) is 55.6 Å². The summed E-state index contributed by atoms with van der Waals surface area (Å²) in [4.78, 5) is 22.6. The molecule has 0 radical (unpaired) electrons. The number of hydrogen-bond donors (Lipinski definition) is 0. The summed E-state index contributed by atoms with van der Waals surface area (Å²) in [5, 5.41) is 19.7. The summed E-state index contributed by atoms with van der Waals surface area (Å²) in [7, 11) is 1.57. The lowest BCUT2D eigenvalue weighted by molar-refractivity contribution is -0.384. The third-order valence-corrected chi connectivity index (χ3v) is 4.68. The Hall–Kier alpha value is -3.26. The highest BCUT2D eigenvalue weighted by Gasteiger charge is 2.10. The Morgan fingerprint density at radius 1 is 1.11 bits per heavy atom. The number of carbonyl (C=O) groups is 1. The molecular formula is C19H15N3O4S. The molecule has 1 heterocycles. The van der Waals surface area contributed by atoms with Crippen LogP contribution >= 0.6 is 11.8 Å². The molecule has 3 rings (SSSR count). The molecule has 27 heavy (non-hydrogen) atoms. The SMILES string of the molecule is COc1ccc(C(=O)CSc2ccc(-c3cccc([N+](=O)[O-])c3)nn2)cc1. The van der Waals surface area contributed by atoms with Crippen LogP contribution in [0.5, 0.6) is 5.75 Å². The van der Waals surface area contributed by atoms with Gasteiger partial charge in [-0.25, -0.2) is 0 Å². The molecule has 3 aromatic rings. The van der Waals surface area contributed by atoms with E-state index < -0.39 is 4.92 Å². The zero-order chi connectivity index (χ0) is 19.2. The fraction of sp³-hybridized carbons (Fsp3) is 0.105. The molecule has 8 heteroatoms. The maximum Gasteiger partial charge on any atom is 0.270 e. The van der Waals surface area contributed by atoms with Gasteiger partial charge in [-0.15, -0.1) is 10.2 Å². The Labute approximate surface area is 159 Å². The van der Waals surface area contributed by atoms with Crippen LogP contribution in [0.25, 0.3) is 11.3 Å². The van der Waals surface area contributed by atoms with Crippen LogP contribution in [0.4, 0.5) is 5.69 Å². The molecule has 0 fully saturated rings. The maximum atomic E-state index is 12.2. The number of nitro groups is 1. The van der Waals surface area contributed by atoms with Crippen molar-refractivity contribution in [3.63, 3.8) is 0 Å². The quantitative estimate of drug-likeness (QED) is 0.264. The smallest absolute Gasteiger partial charge is 0.270 e. The second kappa shape index (κ2) is 8.41. The van der Waals surface area contributed by atoms with E-state index >= 15 is 0 Å². The highest BCUT2D eigenvalue weighted by molar-refractivity contribution is 7.99. The monoisotopic (exact) mass is 381 g/mol. The van der Waals surface area contributed by atoms with Gasteiger partial charge in [0.2, 0.25) is 0 Å². The number of benzene rings is 2. The van der Waals surface area contributed by atoms with Crippen molar-refractivity contribution in [2.24, 2.45) is 0 Å². The Morgan fingerprint density at radius 3 is 2.52 bits per heavy atom. The topological polar surface area (TPSA) is 95.2 Å². The summed E-state index contributed by atoms with van der Waals surface area (Å²) in [5.74, 6) is 0.908. The first-order valence-electron chi connectivity index (χ1n) is 7.95. The number of methoxy groups -OCH3 is 1. The predicted octanol–water partition coefficient (Wildman–Crippen LogP) is 4.04. The van der Waals surface area contributed by atoms with Gasteiger partial charge in [-0.1, -0.05) is 23.9 Å². The van der Waals surface area contributed by atoms with Gasteiger partial charge in [0.1, 0.15) is 10.8 Å². The number of ether oxygens (including phenoxy) is 1. The summed E-state index contributed by atoms with van der Waals surface area (Å²) in [6.45, 7) is 0. The number of nitrogens with zero attached hydrogens (tertiary/aromatic N) is 3. The second-order valence-electron chi connectivity index (χ2n) is 5.50. The zero-order valence-corrected chi connectivity index (χ0v) is 15.2. The van der Waals surface area contributed by atoms with Crippen LogP contribution in [0.15, 0.2) is 65.7 Å². The Morgan fingerprint density at radius 2 is 1.89 bits per heavy atom. The van der Waals surface area contributed by atoms with Crippen LogP contribution in [0.1, 0.15) is 10.4 Å². The molecule has 0 aliphatic heterocycles. The van der Waals surface area contributed by atoms with Gasteiger partial charge in [0.15, 0.2) is 5.78 Å². The summed E-state index contributed by atoms with van der Waals surface area (Å²) < 4.78 is 5.07. The van der Waals surface area contributed by atoms with E-state index in [1.165, 1.54) is 23.9 Å². The van der Waals surface area contributed by atoms with E-state index in [0.717, 1.165) is 0 Å². The van der Waals surface area contributed by atoms with Crippen molar-refractivity contribution in [1.29, 1.82) is 0 Å². The van der Waals surface area contributed by atoms with Gasteiger partial charge in [-0.3, -0.25) is 14.9 Å². The molecule has 7 nitrogen and oxygen atoms in total. The van der Waals surface area contributed by atoms with Crippen LogP contribution in [0.3, 0.4) is 0 Å². The van der Waals surface area contributed by atoms with Crippen molar-refractivity contribution in [2.45, 2.75) is 5.03 Å². The van der Waals surface area contributed by atoms with Crippen molar-refractivity contribution in [3.8, 4) is 17.0 Å². The van der Waals surface area contributed by atoms with E-state index in [2.05, 4.69) is 10.2 Å². The average Bonchev–Trinajstić information content (AvgIpc) is 2.72. The Kier molecular flexibility index (Phi) is 5.77. The van der Waals surface area contributed by atoms with Gasteiger partial charge >= 0.3 is 0 Å². The van der Waals surface area contributed by atoms with E-state index in [-0.39, 0.29) is 17.2 Å². The average molecular weight is 381 g/mol. The number of hydrogen-bond acceptors (Lipinski definition) is 7. The first-order valence-corrected chi connectivity index (χ1v) is 8.94. The fourth-order valence-corrected chi connectivity index (χ4v) is 3.04. The van der Waals surface area contributed by atoms with Crippen LogP contribution in [0, 0.1) is 10.1 Å². The van der Waals surface area contributed by atoms with E-state index in [0.29, 0.717) is 27.6 Å². The minimum Gasteiger partial charge on any atom is -0.497 e. The van der Waals surface area contributed by atoms with Crippen molar-refractivity contribution in [2.75, 3.05) is 12.9 Å². The standard InChI is InChI=1S/C19H15N3O4S/c1-26-16-7-5-13(6-8-16)18(23)12-27-19-10-9-17(20-21-19)14-3-2-4-15(11-14)22(24)25/h2-11H,12H2,1H3. The molecule has 1 aromatic heterocycles. The summed E-state index contributed by atoms with van der Waals surface area (Å²) in [6.07, 6.45) is 0. The summed E-state index contributed by atoms with van der Waals surface area (Å²) in [5.41, 5.74) is 1.74. The van der Waals surface area contributed by atoms with Crippen LogP contribution in [0.2, 0.25) is 0 Å². The maximum absolute atomic E-state index is 12.2. The van der Waals surface area contributed by atoms with E-state index in [1.807, 2.05) is 0 Å². The summed E-state index contributed by atoms with van der Waals surface area (Å²) >= 11 is 1.28. The fourth-order valence-electron chi connectivity index (χ4n) is 2.33. The van der Waals surface area contributed by atoms with Crippen molar-refractivity contribution >= 4 is 23.2 Å². The van der Waals surface area contributed by atoms with Crippen LogP contribution in [-0.2, 0) is 0 Å². The molecule has 0 spiro atoms. The van der Waals surface area contributed by atoms with Gasteiger partial charge in [0.25, 0.3) is 5.69 Å². The first-order chi connectivity index (χ1) is 13.1. The third kappa shape index (κ3) is 4.68. The minimum absolute atomic E-state index is 0.00200. The minimum atomic E-state index is -0.452. The molecule has 0 amide bonds. The molecule has 0 atom stereocenters. The first kappa shape index (κ1) is 18.5. The molecule has 0 saturated carbocycles. The third-order valence-electron chi connectivity index (χ3n) is 3.76. The number of ketones is 1. The molecule has 136 valence electrons. The normalized spacial score (nSPS) is 10.4. The largest absolute Gasteiger partial charge is 0.497 e. The highest BCUT2D eigenvalue weighted by atomic mass is 32.2. The number of carbonyl (C=O) groups excluding carboxylic acids is 1. The molecule has 0 aliphatic carbocycles. The second-order valence-corrected chi connectivity index (χ2v) is 6.50. The Bertz CT molecular complexity index is 959. The van der Waals surface area contributed by atoms with Gasteiger partial charge in [-0.05, 0) is 36.4 Å². The van der Waals surface area contributed by atoms with Crippen molar-refractivity contribution in [3.05, 3.63) is 76.3 Å². The van der Waals surface area contributed by atoms with Gasteiger partial charge in [-0.2, -0.15) is 0 Å². The number of rotatable bonds is 7. The van der Waals surface area contributed by atoms with Gasteiger partial charge in [0.05, 0.1) is 23.5 Å². The number of Topliss-reactive ketones (excluding diaryl/α,β-unsaturated/α-hetero) is 1. The Balaban J connectivity index is 1.64. The lowest BCUT2D eigenvalue weighted by Gasteiger charge is -2.04. The molecule has 0 saturated heterocycles. The van der Waals surface area contributed by atoms with Gasteiger partial charge < -0.3 is 4.74 Å². The number of non-ortho nitro benzene ring substituents is 1. The van der Waals surface area contributed by atoms with E-state index in [4.69, 9.17) is 4.74 Å². The highest BCUT2D eigenvalue weighted by Crippen LogP contribution is 2.24. The molecule has 0 N–H and O–H groups in total. The lowest BCUT2D eigenvalue weighted by Crippen LogP contribution is -2.02. The number of thioether (sulfide) groups is 1. The van der Waals surface area contributed by atoms with Crippen molar-refractivity contribution < 1.29 is 14.5 Å². The number of nitro benzene ring substituents is 1. The predicted molar refractivity (Wildman–Crippen MR) is 102 cm³/mol. The van der Waals surface area contributed by atoms with Crippen molar-refractivity contribution in [1.82, 2.24) is 10.2 Å². The molecule has 0 aliphatic rings. The van der Waals surface area contributed by atoms with Crippen LogP contribution in [-0.4, -0.2) is 33.8 Å². The van der Waals surface area contributed by atoms with Crippen LogP contribution < -0.4 is 4.74 Å². The zero-order valence-electron chi connectivity index (χ0n) is 14.4. The molecule has 0 unspecified atom stereocenters. The van der Waals surface area contributed by atoms with E-state index in [9.17, 15) is 14.9 Å². The lowest BCUT2D eigenvalue weighted by atomic mass is 10.1. The number of aromatic nitrogens is 2. The van der Waals surface area contributed by atoms with Gasteiger partial charge in [0, 0.05) is 23.3 Å².